The zero-order chi connectivity index (χ0) is 24.1. The zero-order valence-electron chi connectivity index (χ0n) is 17.5. The van der Waals surface area contributed by atoms with E-state index in [1.165, 1.54) is 19.1 Å². The van der Waals surface area contributed by atoms with Crippen LogP contribution in [-0.2, 0) is 11.2 Å². The third kappa shape index (κ3) is 6.03. The Bertz CT molecular complexity index is 1200. The Labute approximate surface area is 193 Å². The summed E-state index contributed by atoms with van der Waals surface area (Å²) in [5.74, 6) is -2.79. The van der Waals surface area contributed by atoms with Crippen molar-refractivity contribution in [3.8, 4) is 11.1 Å². The predicted molar refractivity (Wildman–Crippen MR) is 119 cm³/mol. The van der Waals surface area contributed by atoms with Gasteiger partial charge in [0, 0.05) is 30.0 Å². The second kappa shape index (κ2) is 10.4. The maximum atomic E-state index is 14.1. The van der Waals surface area contributed by atoms with Crippen molar-refractivity contribution < 1.29 is 29.0 Å². The molecule has 172 valence electrons. The highest BCUT2D eigenvalue weighted by Gasteiger charge is 2.24. The summed E-state index contributed by atoms with van der Waals surface area (Å²) >= 11 is 6.40. The van der Waals surface area contributed by atoms with Gasteiger partial charge in [0.2, 0.25) is 0 Å². The van der Waals surface area contributed by atoms with Crippen LogP contribution in [0.25, 0.3) is 11.1 Å². The number of aromatic nitrogens is 2. The van der Waals surface area contributed by atoms with Gasteiger partial charge in [-0.3, -0.25) is 14.7 Å². The maximum Gasteiger partial charge on any atom is 0.332 e. The largest absolute Gasteiger partial charge is 0.479 e. The van der Waals surface area contributed by atoms with Crippen molar-refractivity contribution in [2.75, 3.05) is 0 Å². The van der Waals surface area contributed by atoms with Crippen molar-refractivity contribution in [3.05, 3.63) is 76.3 Å². The molecule has 2 unspecified atom stereocenters. The number of aliphatic carboxylic acids is 1. The molecule has 0 radical (unpaired) electrons. The van der Waals surface area contributed by atoms with Gasteiger partial charge in [0.1, 0.15) is 17.2 Å². The topological polar surface area (TPSA) is 132 Å². The Kier molecular flexibility index (Phi) is 7.57. The number of benzene rings is 2. The molecule has 0 saturated carbocycles. The van der Waals surface area contributed by atoms with E-state index in [-0.39, 0.29) is 30.0 Å². The Morgan fingerprint density at radius 3 is 2.52 bits per heavy atom. The number of carboxylic acids is 1. The molecule has 33 heavy (non-hydrogen) atoms. The van der Waals surface area contributed by atoms with E-state index in [9.17, 15) is 23.9 Å². The van der Waals surface area contributed by atoms with E-state index in [4.69, 9.17) is 16.7 Å². The summed E-state index contributed by atoms with van der Waals surface area (Å²) in [6.45, 7) is 1.30. The van der Waals surface area contributed by atoms with Crippen LogP contribution in [0.4, 0.5) is 4.39 Å². The minimum atomic E-state index is -1.72. The van der Waals surface area contributed by atoms with Crippen LogP contribution in [0, 0.1) is 5.82 Å². The van der Waals surface area contributed by atoms with Gasteiger partial charge < -0.3 is 15.5 Å². The number of hydrogen-bond acceptors (Lipinski definition) is 5. The molecule has 1 heterocycles. The number of nitrogens with zero attached hydrogens (tertiary/aromatic N) is 1. The number of amides is 1. The summed E-state index contributed by atoms with van der Waals surface area (Å²) in [5.41, 5.74) is 1.58. The summed E-state index contributed by atoms with van der Waals surface area (Å²) in [7, 11) is 0. The molecule has 3 aromatic rings. The predicted octanol–water partition coefficient (Wildman–Crippen LogP) is 3.25. The number of rotatable bonds is 9. The molecule has 0 fully saturated rings. The van der Waals surface area contributed by atoms with E-state index in [0.717, 1.165) is 0 Å². The molecular formula is C23H21ClFN3O5. The second-order valence-electron chi connectivity index (χ2n) is 7.47. The third-order valence-corrected chi connectivity index (χ3v) is 5.37. The number of halogens is 2. The van der Waals surface area contributed by atoms with Crippen molar-refractivity contribution in [3.63, 3.8) is 0 Å². The number of aliphatic hydroxyl groups is 1. The van der Waals surface area contributed by atoms with Crippen LogP contribution in [0.3, 0.4) is 0 Å². The number of carbonyl (C=O) groups excluding carboxylic acids is 2. The van der Waals surface area contributed by atoms with E-state index in [0.29, 0.717) is 21.7 Å². The first-order chi connectivity index (χ1) is 15.7. The van der Waals surface area contributed by atoms with Gasteiger partial charge in [0.25, 0.3) is 5.91 Å². The van der Waals surface area contributed by atoms with Crippen molar-refractivity contribution in [2.45, 2.75) is 31.9 Å². The van der Waals surface area contributed by atoms with Crippen molar-refractivity contribution in [2.24, 2.45) is 0 Å². The Morgan fingerprint density at radius 2 is 1.91 bits per heavy atom. The molecule has 0 spiro atoms. The SMILES string of the molecule is CC(=O)c1cc(C(=O)NC(Cc2ccc(-c3ccccc3F)cc2Cl)CC(O)C(=O)O)[nH]n1. The number of aliphatic hydroxyl groups excluding tert-OH is 1. The third-order valence-electron chi connectivity index (χ3n) is 5.02. The highest BCUT2D eigenvalue weighted by atomic mass is 35.5. The molecule has 2 atom stereocenters. The molecule has 0 bridgehead atoms. The van der Waals surface area contributed by atoms with E-state index in [1.807, 2.05) is 0 Å². The average Bonchev–Trinajstić information content (AvgIpc) is 3.26. The number of H-pyrrole nitrogens is 1. The maximum absolute atomic E-state index is 14.1. The quantitative estimate of drug-likeness (QED) is 0.353. The van der Waals surface area contributed by atoms with Gasteiger partial charge in [-0.2, -0.15) is 5.10 Å². The summed E-state index contributed by atoms with van der Waals surface area (Å²) in [5, 5.41) is 28.0. The Balaban J connectivity index is 1.82. The smallest absolute Gasteiger partial charge is 0.332 e. The molecule has 4 N–H and O–H groups in total. The number of aromatic amines is 1. The fourth-order valence-electron chi connectivity index (χ4n) is 3.29. The molecule has 1 amide bonds. The van der Waals surface area contributed by atoms with Gasteiger partial charge in [0.15, 0.2) is 11.9 Å². The van der Waals surface area contributed by atoms with Crippen LogP contribution < -0.4 is 5.32 Å². The van der Waals surface area contributed by atoms with E-state index < -0.39 is 29.8 Å². The van der Waals surface area contributed by atoms with Crippen molar-refractivity contribution >= 4 is 29.3 Å². The van der Waals surface area contributed by atoms with Gasteiger partial charge in [-0.1, -0.05) is 41.9 Å². The highest BCUT2D eigenvalue weighted by Crippen LogP contribution is 2.28. The number of ketones is 1. The zero-order valence-corrected chi connectivity index (χ0v) is 18.3. The molecule has 8 nitrogen and oxygen atoms in total. The van der Waals surface area contributed by atoms with E-state index >= 15 is 0 Å². The van der Waals surface area contributed by atoms with Crippen molar-refractivity contribution in [1.82, 2.24) is 15.5 Å². The lowest BCUT2D eigenvalue weighted by Gasteiger charge is -2.21. The van der Waals surface area contributed by atoms with Crippen LogP contribution in [0.15, 0.2) is 48.5 Å². The molecule has 0 saturated heterocycles. The summed E-state index contributed by atoms with van der Waals surface area (Å²) in [4.78, 5) is 35.1. The number of nitrogens with one attached hydrogen (secondary N) is 2. The first-order valence-electron chi connectivity index (χ1n) is 9.97. The van der Waals surface area contributed by atoms with Crippen LogP contribution in [0.1, 0.15) is 39.9 Å². The molecular weight excluding hydrogens is 453 g/mol. The lowest BCUT2D eigenvalue weighted by Crippen LogP contribution is -2.40. The Morgan fingerprint density at radius 1 is 1.18 bits per heavy atom. The van der Waals surface area contributed by atoms with Gasteiger partial charge in [-0.05, 0) is 35.7 Å². The number of carbonyl (C=O) groups is 3. The second-order valence-corrected chi connectivity index (χ2v) is 7.88. The standard InChI is InChI=1S/C23H21ClFN3O5/c1-12(29)19-11-20(28-27-19)22(31)26-15(10-21(30)23(32)33)8-14-7-6-13(9-17(14)24)16-4-2-3-5-18(16)25/h2-7,9,11,15,21,30H,8,10H2,1H3,(H,26,31)(H,27,28)(H,32,33). The van der Waals surface area contributed by atoms with E-state index in [1.54, 1.807) is 36.4 Å². The highest BCUT2D eigenvalue weighted by molar-refractivity contribution is 6.31. The van der Waals surface area contributed by atoms with Gasteiger partial charge in [0.05, 0.1) is 0 Å². The molecule has 0 aliphatic heterocycles. The fourth-order valence-corrected chi connectivity index (χ4v) is 3.54. The Hall–Kier alpha value is -3.56. The van der Waals surface area contributed by atoms with Gasteiger partial charge in [-0.15, -0.1) is 0 Å². The van der Waals surface area contributed by atoms with Gasteiger partial charge in [-0.25, -0.2) is 9.18 Å². The summed E-state index contributed by atoms with van der Waals surface area (Å²) in [6, 6.07) is 11.6. The molecule has 1 aromatic heterocycles. The van der Waals surface area contributed by atoms with Crippen molar-refractivity contribution in [1.29, 1.82) is 0 Å². The lowest BCUT2D eigenvalue weighted by atomic mass is 9.97. The van der Waals surface area contributed by atoms with Crippen LogP contribution in [-0.4, -0.2) is 50.2 Å². The monoisotopic (exact) mass is 473 g/mol. The molecule has 2 aromatic carbocycles. The minimum Gasteiger partial charge on any atom is -0.479 e. The molecule has 0 aliphatic carbocycles. The number of Topliss-reactive ketones (excluding diaryl/α,β-unsaturated/α-hetero) is 1. The first kappa shape index (κ1) is 24.1. The van der Waals surface area contributed by atoms with Crippen LogP contribution >= 0.6 is 11.6 Å². The van der Waals surface area contributed by atoms with Crippen LogP contribution in [0.2, 0.25) is 5.02 Å². The average molecular weight is 474 g/mol. The molecule has 10 heteroatoms. The number of carboxylic acid groups (broad SMARTS) is 1. The normalized spacial score (nSPS) is 12.7. The first-order valence-corrected chi connectivity index (χ1v) is 10.3. The number of hydrogen-bond donors (Lipinski definition) is 4. The minimum absolute atomic E-state index is 0.0102. The summed E-state index contributed by atoms with van der Waals surface area (Å²) < 4.78 is 14.1. The molecule has 0 aliphatic rings. The summed E-state index contributed by atoms with van der Waals surface area (Å²) in [6.07, 6.45) is -1.92. The van der Waals surface area contributed by atoms with E-state index in [2.05, 4.69) is 15.5 Å². The fraction of sp³-hybridized carbons (Fsp3) is 0.217. The molecule has 3 rings (SSSR count). The lowest BCUT2D eigenvalue weighted by molar-refractivity contribution is -0.147. The van der Waals surface area contributed by atoms with Crippen LogP contribution in [0.5, 0.6) is 0 Å². The van der Waals surface area contributed by atoms with Gasteiger partial charge >= 0.3 is 5.97 Å².